The number of nitrogens with zero attached hydrogens (tertiary/aromatic N) is 1. The van der Waals surface area contributed by atoms with E-state index in [4.69, 9.17) is 0 Å². The van der Waals surface area contributed by atoms with Crippen LogP contribution in [0, 0.1) is 11.6 Å². The first kappa shape index (κ1) is 19.7. The molecule has 2 amide bonds. The Kier molecular flexibility index (Phi) is 6.47. The number of pyridine rings is 1. The largest absolute Gasteiger partial charge is 0.352 e. The van der Waals surface area contributed by atoms with E-state index in [0.29, 0.717) is 6.54 Å². The van der Waals surface area contributed by atoms with Gasteiger partial charge in [0.05, 0.1) is 11.1 Å². The molecule has 28 heavy (non-hydrogen) atoms. The lowest BCUT2D eigenvalue weighted by Crippen LogP contribution is -2.25. The van der Waals surface area contributed by atoms with Gasteiger partial charge in [-0.15, -0.1) is 0 Å². The smallest absolute Gasteiger partial charge is 0.257 e. The molecular formula is C21H21F2N3O2. The van der Waals surface area contributed by atoms with Gasteiger partial charge in [0.15, 0.2) is 11.6 Å². The normalized spacial score (nSPS) is 13.6. The summed E-state index contributed by atoms with van der Waals surface area (Å²) in [6, 6.07) is 4.48. The van der Waals surface area contributed by atoms with Crippen LogP contribution in [0.3, 0.4) is 0 Å². The van der Waals surface area contributed by atoms with Crippen molar-refractivity contribution < 1.29 is 18.4 Å². The number of amides is 2. The number of anilines is 1. The van der Waals surface area contributed by atoms with E-state index in [1.165, 1.54) is 42.9 Å². The fourth-order valence-electron chi connectivity index (χ4n) is 3.04. The Balaban J connectivity index is 1.59. The van der Waals surface area contributed by atoms with E-state index in [0.717, 1.165) is 31.4 Å². The maximum absolute atomic E-state index is 13.3. The lowest BCUT2D eigenvalue weighted by molar-refractivity contribution is 0.0953. The van der Waals surface area contributed by atoms with Gasteiger partial charge in [0.2, 0.25) is 0 Å². The van der Waals surface area contributed by atoms with Crippen LogP contribution in [0.25, 0.3) is 0 Å². The number of hydrogen-bond acceptors (Lipinski definition) is 3. The quantitative estimate of drug-likeness (QED) is 0.731. The Labute approximate surface area is 161 Å². The molecule has 0 bridgehead atoms. The average Bonchev–Trinajstić information content (AvgIpc) is 2.71. The molecule has 146 valence electrons. The van der Waals surface area contributed by atoms with Crippen molar-refractivity contribution in [2.45, 2.75) is 32.1 Å². The summed E-state index contributed by atoms with van der Waals surface area (Å²) >= 11 is 0. The number of nitrogens with one attached hydrogen (secondary N) is 2. The van der Waals surface area contributed by atoms with Crippen molar-refractivity contribution in [2.75, 3.05) is 11.9 Å². The van der Waals surface area contributed by atoms with Crippen LogP contribution >= 0.6 is 0 Å². The summed E-state index contributed by atoms with van der Waals surface area (Å²) in [7, 11) is 0. The third kappa shape index (κ3) is 5.22. The van der Waals surface area contributed by atoms with Crippen molar-refractivity contribution in [3.05, 3.63) is 71.1 Å². The minimum atomic E-state index is -1.06. The zero-order chi connectivity index (χ0) is 19.9. The molecule has 5 nitrogen and oxygen atoms in total. The highest BCUT2D eigenvalue weighted by Gasteiger charge is 2.13. The van der Waals surface area contributed by atoms with Crippen molar-refractivity contribution in [1.29, 1.82) is 0 Å². The van der Waals surface area contributed by atoms with E-state index in [-0.39, 0.29) is 22.7 Å². The first-order chi connectivity index (χ1) is 13.5. The Morgan fingerprint density at radius 3 is 2.50 bits per heavy atom. The monoisotopic (exact) mass is 385 g/mol. The first-order valence-electron chi connectivity index (χ1n) is 9.20. The minimum Gasteiger partial charge on any atom is -0.352 e. The van der Waals surface area contributed by atoms with Gasteiger partial charge in [0, 0.05) is 30.7 Å². The molecule has 0 fully saturated rings. The molecule has 3 rings (SSSR count). The molecule has 0 radical (unpaired) electrons. The fraction of sp³-hybridized carbons (Fsp3) is 0.286. The maximum atomic E-state index is 13.3. The summed E-state index contributed by atoms with van der Waals surface area (Å²) < 4.78 is 26.2. The van der Waals surface area contributed by atoms with Gasteiger partial charge in [0.1, 0.15) is 0 Å². The van der Waals surface area contributed by atoms with E-state index in [1.807, 2.05) is 0 Å². The predicted molar refractivity (Wildman–Crippen MR) is 102 cm³/mol. The van der Waals surface area contributed by atoms with Crippen LogP contribution in [0.4, 0.5) is 14.5 Å². The van der Waals surface area contributed by atoms with Crippen molar-refractivity contribution in [3.8, 4) is 0 Å². The molecule has 1 heterocycles. The van der Waals surface area contributed by atoms with Crippen LogP contribution in [0.2, 0.25) is 0 Å². The lowest BCUT2D eigenvalue weighted by Gasteiger charge is -2.13. The fourth-order valence-corrected chi connectivity index (χ4v) is 3.04. The van der Waals surface area contributed by atoms with Crippen LogP contribution < -0.4 is 10.6 Å². The van der Waals surface area contributed by atoms with Gasteiger partial charge in [-0.05, 0) is 50.3 Å². The molecular weight excluding hydrogens is 364 g/mol. The molecule has 0 spiro atoms. The second-order valence-electron chi connectivity index (χ2n) is 6.66. The third-order valence-electron chi connectivity index (χ3n) is 4.56. The summed E-state index contributed by atoms with van der Waals surface area (Å²) in [6.45, 7) is 0.524. The number of benzene rings is 1. The summed E-state index contributed by atoms with van der Waals surface area (Å²) in [6.07, 6.45) is 10.3. The second-order valence-corrected chi connectivity index (χ2v) is 6.66. The first-order valence-corrected chi connectivity index (χ1v) is 9.20. The molecule has 1 aromatic heterocycles. The number of allylic oxidation sites excluding steroid dienone is 1. The molecule has 1 aliphatic carbocycles. The van der Waals surface area contributed by atoms with E-state index >= 15 is 0 Å². The second kappa shape index (κ2) is 9.21. The van der Waals surface area contributed by atoms with E-state index in [2.05, 4.69) is 21.7 Å². The summed E-state index contributed by atoms with van der Waals surface area (Å²) in [4.78, 5) is 28.5. The van der Waals surface area contributed by atoms with E-state index < -0.39 is 17.5 Å². The van der Waals surface area contributed by atoms with Crippen LogP contribution in [0.5, 0.6) is 0 Å². The molecule has 0 atom stereocenters. The van der Waals surface area contributed by atoms with Gasteiger partial charge in [-0.3, -0.25) is 14.6 Å². The maximum Gasteiger partial charge on any atom is 0.257 e. The predicted octanol–water partition coefficient (Wildman–Crippen LogP) is 4.23. The van der Waals surface area contributed by atoms with Crippen molar-refractivity contribution in [1.82, 2.24) is 10.3 Å². The standard InChI is InChI=1S/C21H21F2N3O2/c22-18-7-6-17(11-19(18)23)26-21(28)16-10-15(12-24-13-16)20(27)25-9-8-14-4-2-1-3-5-14/h4,6-7,10-13H,1-3,5,8-9H2,(H,25,27)(H,26,28). The van der Waals surface area contributed by atoms with E-state index in [9.17, 15) is 18.4 Å². The number of carbonyl (C=O) groups is 2. The molecule has 2 N–H and O–H groups in total. The van der Waals surface area contributed by atoms with Crippen LogP contribution in [-0.2, 0) is 0 Å². The third-order valence-corrected chi connectivity index (χ3v) is 4.56. The van der Waals surface area contributed by atoms with Gasteiger partial charge < -0.3 is 10.6 Å². The number of carbonyl (C=O) groups excluding carboxylic acids is 2. The van der Waals surface area contributed by atoms with E-state index in [1.54, 1.807) is 0 Å². The molecule has 7 heteroatoms. The molecule has 0 aliphatic heterocycles. The Morgan fingerprint density at radius 2 is 1.79 bits per heavy atom. The minimum absolute atomic E-state index is 0.111. The van der Waals surface area contributed by atoms with Gasteiger partial charge >= 0.3 is 0 Å². The highest BCUT2D eigenvalue weighted by atomic mass is 19.2. The number of aromatic nitrogens is 1. The zero-order valence-corrected chi connectivity index (χ0v) is 15.3. The van der Waals surface area contributed by atoms with Crippen LogP contribution in [0.15, 0.2) is 48.3 Å². The molecule has 1 aliphatic rings. The van der Waals surface area contributed by atoms with Gasteiger partial charge in [-0.25, -0.2) is 8.78 Å². The SMILES string of the molecule is O=C(NCCC1=CCCCC1)c1cncc(C(=O)Nc2ccc(F)c(F)c2)c1. The highest BCUT2D eigenvalue weighted by Crippen LogP contribution is 2.19. The summed E-state index contributed by atoms with van der Waals surface area (Å²) in [5.41, 5.74) is 1.88. The van der Waals surface area contributed by atoms with Gasteiger partial charge in [0.25, 0.3) is 11.8 Å². The molecule has 0 saturated heterocycles. The number of rotatable bonds is 6. The van der Waals surface area contributed by atoms with Crippen LogP contribution in [-0.4, -0.2) is 23.3 Å². The highest BCUT2D eigenvalue weighted by molar-refractivity contribution is 6.05. The van der Waals surface area contributed by atoms with Gasteiger partial charge in [-0.1, -0.05) is 11.6 Å². The number of halogens is 2. The molecule has 0 unspecified atom stereocenters. The van der Waals surface area contributed by atoms with Gasteiger partial charge in [-0.2, -0.15) is 0 Å². The molecule has 0 saturated carbocycles. The van der Waals surface area contributed by atoms with Crippen molar-refractivity contribution >= 4 is 17.5 Å². The van der Waals surface area contributed by atoms with Crippen LogP contribution in [0.1, 0.15) is 52.8 Å². The lowest BCUT2D eigenvalue weighted by atomic mass is 9.97. The van der Waals surface area contributed by atoms with Crippen molar-refractivity contribution in [2.24, 2.45) is 0 Å². The molecule has 2 aromatic rings. The average molecular weight is 385 g/mol. The van der Waals surface area contributed by atoms with Crippen molar-refractivity contribution in [3.63, 3.8) is 0 Å². The Morgan fingerprint density at radius 1 is 1.00 bits per heavy atom. The number of hydrogen-bond donors (Lipinski definition) is 2. The Bertz CT molecular complexity index is 912. The summed E-state index contributed by atoms with van der Waals surface area (Å²) in [5, 5.41) is 5.29. The molecule has 1 aromatic carbocycles. The topological polar surface area (TPSA) is 71.1 Å². The summed E-state index contributed by atoms with van der Waals surface area (Å²) in [5.74, 6) is -2.94. The zero-order valence-electron chi connectivity index (χ0n) is 15.3. The Hall–Kier alpha value is -3.09.